The zero-order valence-corrected chi connectivity index (χ0v) is 50.2. The fraction of sp³-hybridized carbons (Fsp3) is 0.949. The molecule has 5 saturated heterocycles. The maximum atomic E-state index is 15.2. The maximum absolute atomic E-state index is 15.2. The van der Waals surface area contributed by atoms with Gasteiger partial charge in [0.1, 0.15) is 110 Å². The Labute approximate surface area is 499 Å². The zero-order valence-electron chi connectivity index (χ0n) is 50.2. The molecule has 0 bridgehead atoms. The number of hydrogen-bond acceptors (Lipinski definition) is 27. The molecule has 10 aliphatic rings. The lowest BCUT2D eigenvalue weighted by molar-refractivity contribution is -0.361. The summed E-state index contributed by atoms with van der Waals surface area (Å²) in [5.41, 5.74) is -2.55. The van der Waals surface area contributed by atoms with E-state index in [0.717, 1.165) is 24.8 Å². The van der Waals surface area contributed by atoms with Crippen molar-refractivity contribution < 1.29 is 134 Å². The molecule has 0 aromatic rings. The third-order valence-electron chi connectivity index (χ3n) is 23.3. The highest BCUT2D eigenvalue weighted by Crippen LogP contribution is 2.76. The van der Waals surface area contributed by atoms with Crippen molar-refractivity contribution in [2.75, 3.05) is 26.4 Å². The Hall–Kier alpha value is -1.79. The van der Waals surface area contributed by atoms with Crippen molar-refractivity contribution in [1.29, 1.82) is 0 Å². The van der Waals surface area contributed by atoms with Crippen molar-refractivity contribution >= 4 is 5.97 Å². The molecule has 0 unspecified atom stereocenters. The van der Waals surface area contributed by atoms with Gasteiger partial charge in [-0.3, -0.25) is 4.79 Å². The molecule has 33 atom stereocenters. The second-order valence-corrected chi connectivity index (χ2v) is 28.6. The molecule has 27 heteroatoms. The number of carbonyl (C=O) groups is 1. The van der Waals surface area contributed by atoms with E-state index in [4.69, 9.17) is 47.4 Å². The number of hydrogen-bond donors (Lipinski definition) is 16. The predicted molar refractivity (Wildman–Crippen MR) is 289 cm³/mol. The van der Waals surface area contributed by atoms with Gasteiger partial charge in [0, 0.05) is 5.92 Å². The van der Waals surface area contributed by atoms with E-state index in [1.165, 1.54) is 6.92 Å². The minimum Gasteiger partial charge on any atom is -0.432 e. The Morgan fingerprint density at radius 2 is 1.12 bits per heavy atom. The molecule has 0 aromatic heterocycles. The third-order valence-corrected chi connectivity index (χ3v) is 23.3. The van der Waals surface area contributed by atoms with Gasteiger partial charge in [-0.2, -0.15) is 0 Å². The number of fused-ring (bicyclic) bond motifs is 7. The van der Waals surface area contributed by atoms with Crippen LogP contribution in [0.2, 0.25) is 0 Å². The third kappa shape index (κ3) is 11.0. The number of aliphatic hydroxyl groups excluding tert-OH is 16. The van der Waals surface area contributed by atoms with Crippen LogP contribution in [0.25, 0.3) is 0 Å². The zero-order chi connectivity index (χ0) is 62.9. The summed E-state index contributed by atoms with van der Waals surface area (Å²) in [4.78, 5) is 15.2. The SMILES string of the molecule is C[C@@H]1O[C@@H](O[C@H]2[C@H](O)[C@@H](O)[C@H](OC[C@H]3O[C@@H](OC(=O)[C@]45CCC(C)(C)[C@@H](O)[C@H]4C4=CC[C@@H]6[C@@]7(C)CC[C@H](O[C@@H]8OC[C@H](O[C@@H]9O[C@H](CO)[C@@H](O)[C@H](O)[C@H]9O)[C@H](O)[C@H]8O)C(C)(C)[C@@H]7CC[C@@]6(C)[C@]4(C)CC5)[C@H](O)[C@@H](O)[C@@H]3O)O[C@@H]2CO)[C@H](O)[C@H](O)[C@H]1O. The Kier molecular flexibility index (Phi) is 19.2. The highest BCUT2D eigenvalue weighted by molar-refractivity contribution is 5.79. The van der Waals surface area contributed by atoms with Crippen molar-refractivity contribution in [1.82, 2.24) is 0 Å². The van der Waals surface area contributed by atoms with Gasteiger partial charge >= 0.3 is 5.97 Å². The number of carbonyl (C=O) groups excluding carboxylic acids is 1. The van der Waals surface area contributed by atoms with Gasteiger partial charge in [0.15, 0.2) is 25.2 Å². The quantitative estimate of drug-likeness (QED) is 0.0482. The summed E-state index contributed by atoms with van der Waals surface area (Å²) in [6.07, 6.45) is -32.6. The van der Waals surface area contributed by atoms with E-state index in [2.05, 4.69) is 40.7 Å². The Morgan fingerprint density at radius 3 is 1.78 bits per heavy atom. The highest BCUT2D eigenvalue weighted by atomic mass is 16.8. The largest absolute Gasteiger partial charge is 0.432 e. The van der Waals surface area contributed by atoms with Gasteiger partial charge in [0.05, 0.1) is 50.2 Å². The highest BCUT2D eigenvalue weighted by Gasteiger charge is 2.72. The van der Waals surface area contributed by atoms with Crippen LogP contribution in [0, 0.1) is 50.2 Å². The first-order valence-corrected chi connectivity index (χ1v) is 30.7. The molecule has 5 aliphatic heterocycles. The molecular weight excluding hydrogens is 1140 g/mol. The number of esters is 1. The van der Waals surface area contributed by atoms with E-state index in [0.29, 0.717) is 38.5 Å². The monoisotopic (exact) mass is 1240 g/mol. The van der Waals surface area contributed by atoms with E-state index in [1.54, 1.807) is 0 Å². The van der Waals surface area contributed by atoms with E-state index >= 15 is 4.79 Å². The molecule has 10 rings (SSSR count). The average molecular weight is 1240 g/mol. The molecule has 27 nitrogen and oxygen atoms in total. The molecule has 0 amide bonds. The standard InChI is InChI=1S/C59H96O27/c1-23-33(62)37(66)42(71)50(79-23)85-46-26(20-61)81-48(45(74)40(46)69)77-21-27-35(64)39(68)44(73)52(83-27)86-53(76)59-17-15-54(2,3)47(75)32(59)24-9-10-30-56(6)13-12-31(55(4,5)29(56)11-14-58(30,8)57(24,7)16-18-59)84-49-41(70)36(65)28(22-78-49)82-51-43(72)38(67)34(63)25(19-60)80-51/h9,23,25-52,60-75H,10-22H2,1-8H3/t23-,25+,26+,27+,28-,29-,30+,31-,32+,33-,34+,35+,36-,37+,38-,39-,40+,41+,42+,43+,44+,45+,46+,47-,48+,49-,50-,51-,52-,56-,57+,58+,59-/m0/s1. The van der Waals surface area contributed by atoms with Gasteiger partial charge in [0.25, 0.3) is 0 Å². The lowest BCUT2D eigenvalue weighted by Gasteiger charge is -2.71. The lowest BCUT2D eigenvalue weighted by Crippen LogP contribution is -2.67. The first-order chi connectivity index (χ1) is 40.2. The normalized spacial score (nSPS) is 54.5. The summed E-state index contributed by atoms with van der Waals surface area (Å²) in [5, 5.41) is 173. The summed E-state index contributed by atoms with van der Waals surface area (Å²) in [5.74, 6) is -1.24. The lowest BCUT2D eigenvalue weighted by atomic mass is 9.33. The first-order valence-electron chi connectivity index (χ1n) is 30.7. The molecule has 5 heterocycles. The Balaban J connectivity index is 0.812. The number of ether oxygens (including phenoxy) is 10. The number of aliphatic hydroxyl groups is 16. The molecular formula is C59H96O27. The van der Waals surface area contributed by atoms with Crippen molar-refractivity contribution in [2.24, 2.45) is 50.2 Å². The van der Waals surface area contributed by atoms with Crippen LogP contribution in [0.4, 0.5) is 0 Å². The minimum absolute atomic E-state index is 0.117. The molecule has 9 fully saturated rings. The number of rotatable bonds is 13. The Bertz CT molecular complexity index is 2400. The molecule has 16 N–H and O–H groups in total. The van der Waals surface area contributed by atoms with Crippen molar-refractivity contribution in [3.8, 4) is 0 Å². The van der Waals surface area contributed by atoms with E-state index in [-0.39, 0.29) is 29.3 Å². The second-order valence-electron chi connectivity index (χ2n) is 28.6. The average Bonchev–Trinajstić information content (AvgIpc) is 0.680. The van der Waals surface area contributed by atoms with Crippen molar-refractivity contribution in [3.05, 3.63) is 11.6 Å². The van der Waals surface area contributed by atoms with Crippen LogP contribution in [-0.2, 0) is 52.2 Å². The Morgan fingerprint density at radius 1 is 0.547 bits per heavy atom. The fourth-order valence-corrected chi connectivity index (χ4v) is 17.5. The van der Waals surface area contributed by atoms with E-state index < -0.39 is 213 Å². The van der Waals surface area contributed by atoms with E-state index in [9.17, 15) is 81.7 Å². The summed E-state index contributed by atoms with van der Waals surface area (Å²) < 4.78 is 58.7. The topological polar surface area (TPSA) is 433 Å². The smallest absolute Gasteiger partial charge is 0.315 e. The van der Waals surface area contributed by atoms with Gasteiger partial charge in [0.2, 0.25) is 6.29 Å². The van der Waals surface area contributed by atoms with Crippen LogP contribution in [0.15, 0.2) is 11.6 Å². The first kappa shape index (κ1) is 67.1. The predicted octanol–water partition coefficient (Wildman–Crippen LogP) is -3.57. The molecule has 0 radical (unpaired) electrons. The molecule has 494 valence electrons. The maximum Gasteiger partial charge on any atom is 0.315 e. The van der Waals surface area contributed by atoms with Crippen LogP contribution in [0.5, 0.6) is 0 Å². The number of allylic oxidation sites excluding steroid dienone is 1. The molecule has 0 spiro atoms. The van der Waals surface area contributed by atoms with Gasteiger partial charge in [-0.25, -0.2) is 0 Å². The summed E-state index contributed by atoms with van der Waals surface area (Å²) in [7, 11) is 0. The minimum atomic E-state index is -1.95. The summed E-state index contributed by atoms with van der Waals surface area (Å²) in [6.45, 7) is 14.2. The van der Waals surface area contributed by atoms with Crippen molar-refractivity contribution in [2.45, 2.75) is 273 Å². The van der Waals surface area contributed by atoms with Gasteiger partial charge in [-0.15, -0.1) is 0 Å². The van der Waals surface area contributed by atoms with E-state index in [1.807, 2.05) is 13.8 Å². The van der Waals surface area contributed by atoms with Crippen LogP contribution in [0.3, 0.4) is 0 Å². The van der Waals surface area contributed by atoms with Gasteiger partial charge in [-0.1, -0.05) is 60.1 Å². The van der Waals surface area contributed by atoms with Crippen LogP contribution < -0.4 is 0 Å². The summed E-state index contributed by atoms with van der Waals surface area (Å²) >= 11 is 0. The molecule has 0 aromatic carbocycles. The fourth-order valence-electron chi connectivity index (χ4n) is 17.5. The van der Waals surface area contributed by atoms with Crippen molar-refractivity contribution in [3.63, 3.8) is 0 Å². The second kappa shape index (κ2) is 24.6. The van der Waals surface area contributed by atoms with Crippen LogP contribution >= 0.6 is 0 Å². The molecule has 86 heavy (non-hydrogen) atoms. The van der Waals surface area contributed by atoms with Gasteiger partial charge in [-0.05, 0) is 104 Å². The summed E-state index contributed by atoms with van der Waals surface area (Å²) in [6, 6.07) is 0. The molecule has 5 aliphatic carbocycles. The molecule has 4 saturated carbocycles. The van der Waals surface area contributed by atoms with Crippen LogP contribution in [0.1, 0.15) is 113 Å². The van der Waals surface area contributed by atoms with Crippen LogP contribution in [-0.4, -0.2) is 274 Å². The van der Waals surface area contributed by atoms with Gasteiger partial charge < -0.3 is 129 Å².